The molecule has 0 spiro atoms. The molecule has 0 aliphatic rings. The van der Waals surface area contributed by atoms with Gasteiger partial charge in [0.25, 0.3) is 0 Å². The smallest absolute Gasteiger partial charge is 0.133 e. The zero-order chi connectivity index (χ0) is 14.5. The van der Waals surface area contributed by atoms with E-state index in [-0.39, 0.29) is 0 Å². The number of methoxy groups -OCH3 is 1. The summed E-state index contributed by atoms with van der Waals surface area (Å²) < 4.78 is 6.21. The van der Waals surface area contributed by atoms with E-state index in [1.807, 2.05) is 6.07 Å². The van der Waals surface area contributed by atoms with Gasteiger partial charge in [-0.1, -0.05) is 24.3 Å². The lowest BCUT2D eigenvalue weighted by Gasteiger charge is -2.20. The van der Waals surface area contributed by atoms with Crippen LogP contribution in [0, 0.1) is 0 Å². The van der Waals surface area contributed by atoms with Crippen LogP contribution in [-0.2, 0) is 13.1 Å². The molecule has 0 aliphatic heterocycles. The lowest BCUT2D eigenvalue weighted by molar-refractivity contribution is 0.412. The second-order valence-corrected chi connectivity index (χ2v) is 5.55. The zero-order valence-electron chi connectivity index (χ0n) is 11.8. The first-order chi connectivity index (χ1) is 9.63. The van der Waals surface area contributed by atoms with Gasteiger partial charge in [-0.15, -0.1) is 0 Å². The molecule has 20 heavy (non-hydrogen) atoms. The van der Waals surface area contributed by atoms with Crippen LogP contribution in [-0.4, -0.2) is 14.2 Å². The van der Waals surface area contributed by atoms with E-state index in [1.165, 1.54) is 5.56 Å². The summed E-state index contributed by atoms with van der Waals surface area (Å²) in [5.74, 6) is 0.842. The Hall–Kier alpha value is -1.52. The first-order valence-electron chi connectivity index (χ1n) is 6.46. The summed E-state index contributed by atoms with van der Waals surface area (Å²) in [5.41, 5.74) is 9.17. The fourth-order valence-corrected chi connectivity index (χ4v) is 2.57. The first kappa shape index (κ1) is 14.9. The summed E-state index contributed by atoms with van der Waals surface area (Å²) in [7, 11) is 3.74. The van der Waals surface area contributed by atoms with E-state index in [1.54, 1.807) is 7.11 Å². The number of benzene rings is 2. The Morgan fingerprint density at radius 3 is 2.30 bits per heavy atom. The van der Waals surface area contributed by atoms with Gasteiger partial charge in [0.15, 0.2) is 0 Å². The van der Waals surface area contributed by atoms with E-state index < -0.39 is 0 Å². The average Bonchev–Trinajstić information content (AvgIpc) is 2.48. The summed E-state index contributed by atoms with van der Waals surface area (Å²) in [6.07, 6.45) is 0. The van der Waals surface area contributed by atoms with Crippen molar-refractivity contribution >= 4 is 21.6 Å². The van der Waals surface area contributed by atoms with E-state index in [2.05, 4.69) is 64.3 Å². The van der Waals surface area contributed by atoms with Crippen LogP contribution < -0.4 is 15.4 Å². The Kier molecular flexibility index (Phi) is 5.04. The lowest BCUT2D eigenvalue weighted by Crippen LogP contribution is -2.16. The molecule has 0 unspecified atom stereocenters. The molecule has 0 heterocycles. The average molecular weight is 335 g/mol. The van der Waals surface area contributed by atoms with E-state index >= 15 is 0 Å². The number of anilines is 1. The number of rotatable bonds is 5. The summed E-state index contributed by atoms with van der Waals surface area (Å²) in [5, 5.41) is 0. The first-order valence-corrected chi connectivity index (χ1v) is 7.26. The fraction of sp³-hybridized carbons (Fsp3) is 0.250. The van der Waals surface area contributed by atoms with E-state index in [0.29, 0.717) is 6.54 Å². The Morgan fingerprint density at radius 2 is 1.75 bits per heavy atom. The number of hydrogen-bond acceptors (Lipinski definition) is 3. The van der Waals surface area contributed by atoms with Crippen molar-refractivity contribution in [1.82, 2.24) is 0 Å². The number of nitrogens with zero attached hydrogens (tertiary/aromatic N) is 1. The topological polar surface area (TPSA) is 38.5 Å². The van der Waals surface area contributed by atoms with Gasteiger partial charge in [-0.05, 0) is 45.3 Å². The largest absolute Gasteiger partial charge is 0.496 e. The Morgan fingerprint density at radius 1 is 1.10 bits per heavy atom. The van der Waals surface area contributed by atoms with Gasteiger partial charge in [0.05, 0.1) is 11.6 Å². The van der Waals surface area contributed by atoms with Gasteiger partial charge < -0.3 is 15.4 Å². The van der Waals surface area contributed by atoms with Crippen molar-refractivity contribution < 1.29 is 4.74 Å². The molecule has 0 amide bonds. The van der Waals surface area contributed by atoms with Crippen molar-refractivity contribution in [2.75, 3.05) is 19.1 Å². The standard InChI is InChI=1S/C16H19BrN2O/c1-19(11-13-5-3-12(10-18)4-6-13)14-7-8-16(20-2)15(17)9-14/h3-9H,10-11,18H2,1-2H3. The molecule has 4 heteroatoms. The molecule has 0 saturated heterocycles. The fourth-order valence-electron chi connectivity index (χ4n) is 2.04. The SMILES string of the molecule is COc1ccc(N(C)Cc2ccc(CN)cc2)cc1Br. The van der Waals surface area contributed by atoms with Crippen molar-refractivity contribution in [3.8, 4) is 5.75 Å². The Bertz CT molecular complexity index is 569. The minimum Gasteiger partial charge on any atom is -0.496 e. The molecule has 0 aromatic heterocycles. The molecule has 2 rings (SSSR count). The maximum Gasteiger partial charge on any atom is 0.133 e. The zero-order valence-corrected chi connectivity index (χ0v) is 13.4. The molecular formula is C16H19BrN2O. The molecule has 2 aromatic rings. The van der Waals surface area contributed by atoms with E-state index in [9.17, 15) is 0 Å². The molecule has 106 valence electrons. The highest BCUT2D eigenvalue weighted by Gasteiger charge is 2.06. The maximum absolute atomic E-state index is 5.61. The molecule has 0 aliphatic carbocycles. The minimum atomic E-state index is 0.585. The number of ether oxygens (including phenoxy) is 1. The number of nitrogens with two attached hydrogens (primary N) is 1. The highest BCUT2D eigenvalue weighted by molar-refractivity contribution is 9.10. The quantitative estimate of drug-likeness (QED) is 0.908. The monoisotopic (exact) mass is 334 g/mol. The molecule has 0 radical (unpaired) electrons. The summed E-state index contributed by atoms with van der Waals surface area (Å²) >= 11 is 3.51. The van der Waals surface area contributed by atoms with E-state index in [4.69, 9.17) is 10.5 Å². The van der Waals surface area contributed by atoms with Crippen molar-refractivity contribution in [2.45, 2.75) is 13.1 Å². The van der Waals surface area contributed by atoms with Crippen molar-refractivity contribution in [2.24, 2.45) is 5.73 Å². The van der Waals surface area contributed by atoms with Gasteiger partial charge in [0.2, 0.25) is 0 Å². The minimum absolute atomic E-state index is 0.585. The van der Waals surface area contributed by atoms with Crippen LogP contribution in [0.3, 0.4) is 0 Å². The van der Waals surface area contributed by atoms with Crippen LogP contribution in [0.4, 0.5) is 5.69 Å². The van der Waals surface area contributed by atoms with Gasteiger partial charge in [-0.25, -0.2) is 0 Å². The normalized spacial score (nSPS) is 10.4. The molecule has 0 saturated carbocycles. The van der Waals surface area contributed by atoms with Gasteiger partial charge >= 0.3 is 0 Å². The maximum atomic E-state index is 5.61. The Labute approximate surface area is 128 Å². The molecule has 0 fully saturated rings. The van der Waals surface area contributed by atoms with Crippen LogP contribution in [0.15, 0.2) is 46.9 Å². The summed E-state index contributed by atoms with van der Waals surface area (Å²) in [6.45, 7) is 1.44. The van der Waals surface area contributed by atoms with Gasteiger partial charge in [-0.3, -0.25) is 0 Å². The van der Waals surface area contributed by atoms with Crippen molar-refractivity contribution in [1.29, 1.82) is 0 Å². The third kappa shape index (κ3) is 3.52. The van der Waals surface area contributed by atoms with Gasteiger partial charge in [0, 0.05) is 25.8 Å². The highest BCUT2D eigenvalue weighted by atomic mass is 79.9. The van der Waals surface area contributed by atoms with Gasteiger partial charge in [0.1, 0.15) is 5.75 Å². The predicted octanol–water partition coefficient (Wildman–Crippen LogP) is 3.55. The van der Waals surface area contributed by atoms with Crippen molar-refractivity contribution in [3.05, 3.63) is 58.1 Å². The molecule has 0 bridgehead atoms. The van der Waals surface area contributed by atoms with Crippen LogP contribution in [0.2, 0.25) is 0 Å². The number of hydrogen-bond donors (Lipinski definition) is 1. The van der Waals surface area contributed by atoms with Crippen molar-refractivity contribution in [3.63, 3.8) is 0 Å². The predicted molar refractivity (Wildman–Crippen MR) is 87.1 cm³/mol. The van der Waals surface area contributed by atoms with Crippen LogP contribution in [0.5, 0.6) is 5.75 Å². The summed E-state index contributed by atoms with van der Waals surface area (Å²) in [6, 6.07) is 14.5. The molecule has 3 nitrogen and oxygen atoms in total. The molecule has 2 N–H and O–H groups in total. The number of halogens is 1. The van der Waals surface area contributed by atoms with Crippen LogP contribution in [0.25, 0.3) is 0 Å². The lowest BCUT2D eigenvalue weighted by atomic mass is 10.1. The molecular weight excluding hydrogens is 316 g/mol. The van der Waals surface area contributed by atoms with Gasteiger partial charge in [-0.2, -0.15) is 0 Å². The summed E-state index contributed by atoms with van der Waals surface area (Å²) in [4.78, 5) is 2.20. The highest BCUT2D eigenvalue weighted by Crippen LogP contribution is 2.29. The van der Waals surface area contributed by atoms with Crippen LogP contribution >= 0.6 is 15.9 Å². The second-order valence-electron chi connectivity index (χ2n) is 4.70. The second kappa shape index (κ2) is 6.77. The molecule has 0 atom stereocenters. The third-order valence-electron chi connectivity index (χ3n) is 3.25. The van der Waals surface area contributed by atoms with E-state index in [0.717, 1.165) is 28.0 Å². The molecule has 2 aromatic carbocycles. The third-order valence-corrected chi connectivity index (χ3v) is 3.87. The Balaban J connectivity index is 2.10. The van der Waals surface area contributed by atoms with Crippen LogP contribution in [0.1, 0.15) is 11.1 Å².